The number of nitrogens with zero attached hydrogens (tertiary/aromatic N) is 3. The van der Waals surface area contributed by atoms with Crippen molar-refractivity contribution in [3.05, 3.63) is 65.8 Å². The zero-order valence-electron chi connectivity index (χ0n) is 25.8. The highest BCUT2D eigenvalue weighted by Gasteiger charge is 2.32. The fourth-order valence-corrected chi connectivity index (χ4v) is 9.00. The number of pyridine rings is 3. The van der Waals surface area contributed by atoms with E-state index >= 15 is 0 Å². The zero-order chi connectivity index (χ0) is 33.3. The Kier molecular flexibility index (Phi) is 8.41. The quantitative estimate of drug-likeness (QED) is 0.137. The molecular formula is C35H25N3O8S3. The largest absolute Gasteiger partial charge is 0.488 e. The van der Waals surface area contributed by atoms with E-state index in [9.17, 15) is 9.59 Å². The summed E-state index contributed by atoms with van der Waals surface area (Å²) in [6.07, 6.45) is 4.04. The molecule has 11 nitrogen and oxygen atoms in total. The van der Waals surface area contributed by atoms with Gasteiger partial charge in [-0.3, -0.25) is 19.6 Å². The van der Waals surface area contributed by atoms with Crippen LogP contribution in [0.1, 0.15) is 11.3 Å². The Morgan fingerprint density at radius 3 is 1.98 bits per heavy atom. The second kappa shape index (κ2) is 13.3. The predicted octanol–water partition coefficient (Wildman–Crippen LogP) is 7.70. The number of carbonyl (C=O) groups excluding carboxylic acids is 2. The molecule has 0 atom stereocenters. The molecule has 6 aromatic heterocycles. The standard InChI is InChI=1S/C35H25N3O8S3/c1-19-29-30(42-10-2-9-41-29)34(47-19)35-32-31(43-11-12-44-32)33(49-35)28-4-3-27(48-28)20-5-7-36-23(13-20)25-15-22(46-18-40)16-26(38-25)24-14-21(45-17-39)6-8-37-24/h3-8,13-18H,2,9-12H2,1H3. The monoisotopic (exact) mass is 711 g/mol. The molecule has 0 N–H and O–H groups in total. The Morgan fingerprint density at radius 1 is 0.612 bits per heavy atom. The van der Waals surface area contributed by atoms with E-state index in [4.69, 9.17) is 33.4 Å². The van der Waals surface area contributed by atoms with Crippen molar-refractivity contribution in [3.63, 3.8) is 0 Å². The first kappa shape index (κ1) is 31.0. The number of rotatable bonds is 9. The van der Waals surface area contributed by atoms with Crippen molar-refractivity contribution in [2.45, 2.75) is 13.3 Å². The molecule has 0 saturated carbocycles. The van der Waals surface area contributed by atoms with E-state index in [1.807, 2.05) is 12.1 Å². The van der Waals surface area contributed by atoms with E-state index in [1.54, 1.807) is 64.5 Å². The van der Waals surface area contributed by atoms with Gasteiger partial charge in [-0.05, 0) is 42.8 Å². The van der Waals surface area contributed by atoms with Crippen LogP contribution in [0.15, 0.2) is 60.9 Å². The summed E-state index contributed by atoms with van der Waals surface area (Å²) in [5, 5.41) is 0. The molecule has 0 aliphatic carbocycles. The van der Waals surface area contributed by atoms with Crippen LogP contribution in [0.3, 0.4) is 0 Å². The van der Waals surface area contributed by atoms with Gasteiger partial charge in [-0.25, -0.2) is 4.98 Å². The lowest BCUT2D eigenvalue weighted by Crippen LogP contribution is -2.14. The maximum absolute atomic E-state index is 11.3. The predicted molar refractivity (Wildman–Crippen MR) is 185 cm³/mol. The second-order valence-electron chi connectivity index (χ2n) is 10.8. The molecule has 8 rings (SSSR count). The van der Waals surface area contributed by atoms with Gasteiger partial charge in [0.2, 0.25) is 0 Å². The minimum absolute atomic E-state index is 0.263. The van der Waals surface area contributed by atoms with Crippen LogP contribution >= 0.6 is 34.0 Å². The van der Waals surface area contributed by atoms with Gasteiger partial charge in [0, 0.05) is 51.6 Å². The number of hydrogen-bond donors (Lipinski definition) is 0. The average Bonchev–Trinajstić information content (AvgIpc) is 3.79. The third-order valence-corrected chi connectivity index (χ3v) is 11.4. The summed E-state index contributed by atoms with van der Waals surface area (Å²) in [5.74, 6) is 3.63. The van der Waals surface area contributed by atoms with Crippen molar-refractivity contribution in [3.8, 4) is 87.2 Å². The van der Waals surface area contributed by atoms with Crippen LogP contribution in [-0.4, -0.2) is 54.3 Å². The van der Waals surface area contributed by atoms with Crippen LogP contribution < -0.4 is 28.4 Å². The minimum Gasteiger partial charge on any atom is -0.488 e. The molecule has 0 aromatic carbocycles. The molecule has 49 heavy (non-hydrogen) atoms. The molecule has 0 amide bonds. The Balaban J connectivity index is 1.15. The van der Waals surface area contributed by atoms with Gasteiger partial charge >= 0.3 is 0 Å². The minimum atomic E-state index is 0.263. The highest BCUT2D eigenvalue weighted by atomic mass is 32.1. The third-order valence-electron chi connectivity index (χ3n) is 7.67. The lowest BCUT2D eigenvalue weighted by Gasteiger charge is -2.17. The summed E-state index contributed by atoms with van der Waals surface area (Å²) in [4.78, 5) is 41.9. The maximum Gasteiger partial charge on any atom is 0.298 e. The van der Waals surface area contributed by atoms with Crippen LogP contribution in [-0.2, 0) is 9.59 Å². The molecule has 0 spiro atoms. The van der Waals surface area contributed by atoms with Crippen LogP contribution in [0.25, 0.3) is 52.7 Å². The van der Waals surface area contributed by atoms with Crippen molar-refractivity contribution >= 4 is 47.0 Å². The highest BCUT2D eigenvalue weighted by molar-refractivity contribution is 7.28. The van der Waals surface area contributed by atoms with Gasteiger partial charge < -0.3 is 28.4 Å². The first-order valence-electron chi connectivity index (χ1n) is 15.2. The molecule has 2 aliphatic rings. The first-order chi connectivity index (χ1) is 24.1. The number of ether oxygens (including phenoxy) is 6. The fourth-order valence-electron chi connectivity index (χ4n) is 5.54. The number of hydrogen-bond acceptors (Lipinski definition) is 14. The van der Waals surface area contributed by atoms with E-state index in [2.05, 4.69) is 29.0 Å². The molecule has 8 heterocycles. The Bertz CT molecular complexity index is 2210. The lowest BCUT2D eigenvalue weighted by atomic mass is 10.1. The summed E-state index contributed by atoms with van der Waals surface area (Å²) in [6.45, 7) is 4.90. The van der Waals surface area contributed by atoms with Crippen molar-refractivity contribution in [1.29, 1.82) is 0 Å². The number of carbonyl (C=O) groups is 2. The molecule has 0 radical (unpaired) electrons. The van der Waals surface area contributed by atoms with Gasteiger partial charge in [-0.1, -0.05) is 0 Å². The molecule has 0 bridgehead atoms. The molecular weight excluding hydrogens is 687 g/mol. The van der Waals surface area contributed by atoms with Crippen molar-refractivity contribution in [2.24, 2.45) is 0 Å². The van der Waals surface area contributed by atoms with Crippen molar-refractivity contribution in [2.75, 3.05) is 26.4 Å². The SMILES string of the molecule is Cc1sc(-c2sc(-c3ccc(-c4ccnc(-c5cc(OC=O)cc(-c6cc(OC=O)ccn6)n5)c4)s3)c3c2OCCO3)c2c1OCCCO2. The van der Waals surface area contributed by atoms with Gasteiger partial charge in [-0.15, -0.1) is 34.0 Å². The molecule has 0 fully saturated rings. The van der Waals surface area contributed by atoms with Gasteiger partial charge in [0.15, 0.2) is 23.0 Å². The second-order valence-corrected chi connectivity index (χ2v) is 14.1. The van der Waals surface area contributed by atoms with Crippen LogP contribution in [0.2, 0.25) is 0 Å². The molecule has 14 heteroatoms. The Morgan fingerprint density at radius 2 is 1.20 bits per heavy atom. The topological polar surface area (TPSA) is 128 Å². The van der Waals surface area contributed by atoms with E-state index < -0.39 is 0 Å². The first-order valence-corrected chi connectivity index (χ1v) is 17.6. The molecule has 6 aromatic rings. The number of thiophene rings is 3. The summed E-state index contributed by atoms with van der Waals surface area (Å²) in [7, 11) is 0. The normalized spacial score (nSPS) is 13.4. The third kappa shape index (κ3) is 5.98. The lowest BCUT2D eigenvalue weighted by molar-refractivity contribution is -0.121. The highest BCUT2D eigenvalue weighted by Crippen LogP contribution is 2.60. The van der Waals surface area contributed by atoms with Crippen LogP contribution in [0.4, 0.5) is 0 Å². The molecule has 2 aliphatic heterocycles. The smallest absolute Gasteiger partial charge is 0.298 e. The summed E-state index contributed by atoms with van der Waals surface area (Å²) in [6, 6.07) is 14.4. The van der Waals surface area contributed by atoms with E-state index in [1.165, 1.54) is 6.20 Å². The summed E-state index contributed by atoms with van der Waals surface area (Å²) >= 11 is 4.90. The fraction of sp³-hybridized carbons (Fsp3) is 0.171. The van der Waals surface area contributed by atoms with Crippen LogP contribution in [0, 0.1) is 6.92 Å². The number of aromatic nitrogens is 3. The van der Waals surface area contributed by atoms with Gasteiger partial charge in [0.25, 0.3) is 12.9 Å². The van der Waals surface area contributed by atoms with E-state index in [0.717, 1.165) is 64.2 Å². The summed E-state index contributed by atoms with van der Waals surface area (Å²) in [5.41, 5.74) is 2.79. The summed E-state index contributed by atoms with van der Waals surface area (Å²) < 4.78 is 34.8. The van der Waals surface area contributed by atoms with E-state index in [0.29, 0.717) is 67.9 Å². The number of aryl methyl sites for hydroxylation is 1. The molecule has 0 unspecified atom stereocenters. The molecule has 0 saturated heterocycles. The molecule has 246 valence electrons. The van der Waals surface area contributed by atoms with Crippen LogP contribution in [0.5, 0.6) is 34.5 Å². The van der Waals surface area contributed by atoms with E-state index in [-0.39, 0.29) is 5.75 Å². The van der Waals surface area contributed by atoms with Gasteiger partial charge in [0.1, 0.15) is 24.7 Å². The average molecular weight is 712 g/mol. The zero-order valence-corrected chi connectivity index (χ0v) is 28.2. The van der Waals surface area contributed by atoms with Crippen molar-refractivity contribution < 1.29 is 38.0 Å². The Labute approximate surface area is 291 Å². The maximum atomic E-state index is 11.3. The van der Waals surface area contributed by atoms with Crippen molar-refractivity contribution in [1.82, 2.24) is 15.0 Å². The number of fused-ring (bicyclic) bond motifs is 2. The van der Waals surface area contributed by atoms with Gasteiger partial charge in [0.05, 0.1) is 50.6 Å². The van der Waals surface area contributed by atoms with Gasteiger partial charge in [-0.2, -0.15) is 0 Å². The Hall–Kier alpha value is -5.31.